The van der Waals surface area contributed by atoms with Crippen LogP contribution in [0.15, 0.2) is 71.6 Å². The number of methoxy groups -OCH3 is 1. The molecule has 0 saturated heterocycles. The summed E-state index contributed by atoms with van der Waals surface area (Å²) in [5.74, 6) is -0.000289. The maximum absolute atomic E-state index is 14.1. The first kappa shape index (κ1) is 32.5. The maximum Gasteiger partial charge on any atom is 0.303 e. The summed E-state index contributed by atoms with van der Waals surface area (Å²) in [4.78, 5) is 29.0. The second kappa shape index (κ2) is 14.3. The third-order valence-corrected chi connectivity index (χ3v) is 8.96. The highest BCUT2D eigenvalue weighted by molar-refractivity contribution is 7.99. The minimum absolute atomic E-state index is 0. The lowest BCUT2D eigenvalue weighted by Crippen LogP contribution is -3.00. The van der Waals surface area contributed by atoms with E-state index in [-0.39, 0.29) is 29.9 Å². The highest BCUT2D eigenvalue weighted by Crippen LogP contribution is 2.47. The van der Waals surface area contributed by atoms with Crippen molar-refractivity contribution in [3.05, 3.63) is 87.9 Å². The largest absolute Gasteiger partial charge is 1.00 e. The van der Waals surface area contributed by atoms with Crippen molar-refractivity contribution >= 4 is 52.5 Å². The van der Waals surface area contributed by atoms with Crippen molar-refractivity contribution in [2.75, 3.05) is 45.7 Å². The number of anilines is 1. The SMILES string of the molecule is COc1ccc([C@@H]2Sc3ccccc3N(CC[N+](C)(C)CCc3ccc(Cl)c(Cl)c3)C(=O)[C@@H]2OC(C)=O)cc1.[I-]. The number of ether oxygens (including phenoxy) is 2. The molecule has 0 aliphatic carbocycles. The van der Waals surface area contributed by atoms with Crippen molar-refractivity contribution in [1.29, 1.82) is 0 Å². The summed E-state index contributed by atoms with van der Waals surface area (Å²) in [6, 6.07) is 21.1. The molecule has 0 aromatic heterocycles. The van der Waals surface area contributed by atoms with E-state index in [2.05, 4.69) is 14.1 Å². The first-order valence-electron chi connectivity index (χ1n) is 12.7. The summed E-state index contributed by atoms with van der Waals surface area (Å²) in [6.07, 6.45) is -0.153. The number of para-hydroxylation sites is 1. The zero-order valence-corrected chi connectivity index (χ0v) is 27.4. The third-order valence-electron chi connectivity index (χ3n) is 6.85. The Hall–Kier alpha value is -1.98. The lowest BCUT2D eigenvalue weighted by atomic mass is 10.1. The molecule has 1 heterocycles. The molecule has 6 nitrogen and oxygen atoms in total. The van der Waals surface area contributed by atoms with Crippen molar-refractivity contribution in [1.82, 2.24) is 0 Å². The molecule has 3 aromatic rings. The van der Waals surface area contributed by atoms with Gasteiger partial charge in [-0.3, -0.25) is 9.59 Å². The zero-order valence-electron chi connectivity index (χ0n) is 22.9. The van der Waals surface area contributed by atoms with Crippen LogP contribution in [-0.4, -0.2) is 63.3 Å². The fraction of sp³-hybridized carbons (Fsp3) is 0.333. The summed E-state index contributed by atoms with van der Waals surface area (Å²) in [5.41, 5.74) is 2.82. The van der Waals surface area contributed by atoms with Gasteiger partial charge in [0, 0.05) is 18.2 Å². The lowest BCUT2D eigenvalue weighted by Gasteiger charge is -2.34. The number of esters is 1. The average Bonchev–Trinajstić information content (AvgIpc) is 3.02. The van der Waals surface area contributed by atoms with Crippen LogP contribution in [0, 0.1) is 0 Å². The van der Waals surface area contributed by atoms with Gasteiger partial charge in [-0.15, -0.1) is 11.8 Å². The standard InChI is InChI=1S/C30H33Cl2N2O4S.HI/c1-20(35)38-28-29(22-10-12-23(37-4)13-11-22)39-27-8-6-5-7-26(27)33(30(28)36)16-18-34(2,3)17-15-21-9-14-24(31)25(32)19-21;/h5-14,19,28-29H,15-18H2,1-4H3;1H/q+1;/p-1/t28-,29+;/m1./s1. The Kier molecular flexibility index (Phi) is 11.6. The summed E-state index contributed by atoms with van der Waals surface area (Å²) in [6.45, 7) is 3.36. The molecule has 4 rings (SSSR count). The number of amides is 1. The zero-order chi connectivity index (χ0) is 28.2. The molecule has 1 aliphatic heterocycles. The van der Waals surface area contributed by atoms with E-state index in [0.717, 1.165) is 40.4 Å². The summed E-state index contributed by atoms with van der Waals surface area (Å²) >= 11 is 13.8. The molecule has 10 heteroatoms. The Morgan fingerprint density at radius 3 is 2.35 bits per heavy atom. The molecule has 0 unspecified atom stereocenters. The summed E-state index contributed by atoms with van der Waals surface area (Å²) in [5, 5.41) is 0.683. The van der Waals surface area contributed by atoms with E-state index in [4.69, 9.17) is 32.7 Å². The first-order chi connectivity index (χ1) is 18.6. The van der Waals surface area contributed by atoms with Gasteiger partial charge in [-0.2, -0.15) is 0 Å². The van der Waals surface area contributed by atoms with Gasteiger partial charge >= 0.3 is 5.97 Å². The fourth-order valence-electron chi connectivity index (χ4n) is 4.55. The van der Waals surface area contributed by atoms with Gasteiger partial charge in [0.1, 0.15) is 5.75 Å². The van der Waals surface area contributed by atoms with Gasteiger partial charge in [0.05, 0.1) is 61.8 Å². The van der Waals surface area contributed by atoms with Gasteiger partial charge in [-0.25, -0.2) is 0 Å². The van der Waals surface area contributed by atoms with Gasteiger partial charge in [0.15, 0.2) is 6.10 Å². The normalized spacial score (nSPS) is 16.9. The van der Waals surface area contributed by atoms with Crippen LogP contribution in [0.25, 0.3) is 0 Å². The quantitative estimate of drug-likeness (QED) is 0.193. The van der Waals surface area contributed by atoms with E-state index in [1.54, 1.807) is 12.0 Å². The molecule has 40 heavy (non-hydrogen) atoms. The van der Waals surface area contributed by atoms with Crippen molar-refractivity contribution in [2.45, 2.75) is 29.6 Å². The van der Waals surface area contributed by atoms with Crippen LogP contribution in [0.1, 0.15) is 23.3 Å². The molecule has 0 radical (unpaired) electrons. The smallest absolute Gasteiger partial charge is 0.303 e. The van der Waals surface area contributed by atoms with Crippen molar-refractivity contribution in [3.8, 4) is 5.75 Å². The Bertz CT molecular complexity index is 1340. The molecular formula is C30H33Cl2IN2O4S. The van der Waals surface area contributed by atoms with E-state index >= 15 is 0 Å². The minimum Gasteiger partial charge on any atom is -1.00 e. The number of likely N-dealkylation sites (N-methyl/N-ethyl adjacent to an activating group) is 1. The topological polar surface area (TPSA) is 55.8 Å². The van der Waals surface area contributed by atoms with Crippen LogP contribution in [0.3, 0.4) is 0 Å². The van der Waals surface area contributed by atoms with Crippen LogP contribution in [0.4, 0.5) is 5.69 Å². The summed E-state index contributed by atoms with van der Waals surface area (Å²) < 4.78 is 11.7. The van der Waals surface area contributed by atoms with Gasteiger partial charge in [-0.1, -0.05) is 53.5 Å². The second-order valence-corrected chi connectivity index (χ2v) is 12.2. The van der Waals surface area contributed by atoms with E-state index in [0.29, 0.717) is 27.6 Å². The molecule has 1 aliphatic rings. The number of benzene rings is 3. The molecule has 3 aromatic carbocycles. The van der Waals surface area contributed by atoms with E-state index in [1.807, 2.05) is 66.7 Å². The Labute approximate surface area is 267 Å². The number of hydrogen-bond acceptors (Lipinski definition) is 5. The fourth-order valence-corrected chi connectivity index (χ4v) is 6.19. The highest BCUT2D eigenvalue weighted by atomic mass is 127. The van der Waals surface area contributed by atoms with Crippen LogP contribution >= 0.6 is 35.0 Å². The minimum atomic E-state index is -0.972. The predicted molar refractivity (Wildman–Crippen MR) is 158 cm³/mol. The average molecular weight is 715 g/mol. The molecule has 0 fully saturated rings. The van der Waals surface area contributed by atoms with Gasteiger partial charge < -0.3 is 42.8 Å². The monoisotopic (exact) mass is 714 g/mol. The number of fused-ring (bicyclic) bond motifs is 1. The molecule has 1 amide bonds. The lowest BCUT2D eigenvalue weighted by molar-refractivity contribution is -0.888. The van der Waals surface area contributed by atoms with Crippen molar-refractivity contribution < 1.29 is 47.5 Å². The molecule has 0 N–H and O–H groups in total. The van der Waals surface area contributed by atoms with E-state index < -0.39 is 17.3 Å². The van der Waals surface area contributed by atoms with E-state index in [9.17, 15) is 9.59 Å². The second-order valence-electron chi connectivity index (χ2n) is 10.2. The molecule has 0 bridgehead atoms. The van der Waals surface area contributed by atoms with E-state index in [1.165, 1.54) is 18.7 Å². The number of carbonyl (C=O) groups excluding carboxylic acids is 2. The number of hydrogen-bond donors (Lipinski definition) is 0. The highest BCUT2D eigenvalue weighted by Gasteiger charge is 2.41. The van der Waals surface area contributed by atoms with Gasteiger partial charge in [0.2, 0.25) is 0 Å². The number of nitrogens with zero attached hydrogens (tertiary/aromatic N) is 2. The summed E-state index contributed by atoms with van der Waals surface area (Å²) in [7, 11) is 5.90. The van der Waals surface area contributed by atoms with Crippen molar-refractivity contribution in [3.63, 3.8) is 0 Å². The molecule has 2 atom stereocenters. The van der Waals surface area contributed by atoms with Crippen LogP contribution < -0.4 is 33.6 Å². The third kappa shape index (κ3) is 8.06. The Balaban J connectivity index is 0.00000441. The molecule has 214 valence electrons. The number of halogens is 3. The number of rotatable bonds is 9. The molecule has 0 spiro atoms. The van der Waals surface area contributed by atoms with Crippen LogP contribution in [0.5, 0.6) is 5.75 Å². The number of thioether (sulfide) groups is 1. The Morgan fingerprint density at radius 2 is 1.70 bits per heavy atom. The first-order valence-corrected chi connectivity index (χ1v) is 14.4. The number of carbonyl (C=O) groups is 2. The molecular weight excluding hydrogens is 682 g/mol. The van der Waals surface area contributed by atoms with Crippen LogP contribution in [-0.2, 0) is 20.7 Å². The van der Waals surface area contributed by atoms with Gasteiger partial charge in [0.25, 0.3) is 5.91 Å². The Morgan fingerprint density at radius 1 is 1.00 bits per heavy atom. The number of quaternary nitrogens is 1. The molecule has 0 saturated carbocycles. The predicted octanol–water partition coefficient (Wildman–Crippen LogP) is 3.44. The maximum atomic E-state index is 14.1. The van der Waals surface area contributed by atoms with Crippen molar-refractivity contribution in [2.24, 2.45) is 0 Å². The van der Waals surface area contributed by atoms with Gasteiger partial charge in [-0.05, 0) is 47.5 Å². The van der Waals surface area contributed by atoms with Crippen LogP contribution in [0.2, 0.25) is 10.0 Å².